The van der Waals surface area contributed by atoms with Gasteiger partial charge in [0.25, 0.3) is 0 Å². The molecule has 2 nitrogen and oxygen atoms in total. The molecule has 1 rings (SSSR count). The fourth-order valence-corrected chi connectivity index (χ4v) is 2.27. The Balaban J connectivity index is 3.01. The van der Waals surface area contributed by atoms with Crippen molar-refractivity contribution < 1.29 is 9.53 Å². The maximum atomic E-state index is 12.5. The molecule has 0 saturated carbocycles. The lowest BCUT2D eigenvalue weighted by atomic mass is 9.84. The molecule has 1 atom stereocenters. The minimum atomic E-state index is 0.113. The number of carbonyl (C=O) groups excluding carboxylic acids is 1. The van der Waals surface area contributed by atoms with Crippen LogP contribution in [-0.4, -0.2) is 12.9 Å². The van der Waals surface area contributed by atoms with E-state index in [0.29, 0.717) is 5.92 Å². The molecule has 100 valence electrons. The first-order chi connectivity index (χ1) is 8.51. The van der Waals surface area contributed by atoms with E-state index in [1.165, 1.54) is 0 Å². The molecule has 0 N–H and O–H groups in total. The highest BCUT2D eigenvalue weighted by atomic mass is 16.5. The van der Waals surface area contributed by atoms with Crippen molar-refractivity contribution in [1.82, 2.24) is 0 Å². The van der Waals surface area contributed by atoms with Crippen LogP contribution in [0, 0.1) is 18.8 Å². The van der Waals surface area contributed by atoms with Crippen molar-refractivity contribution in [3.8, 4) is 5.75 Å². The Kier molecular flexibility index (Phi) is 5.39. The summed E-state index contributed by atoms with van der Waals surface area (Å²) in [6, 6.07) is 5.73. The molecular formula is C16H24O2. The van der Waals surface area contributed by atoms with Crippen LogP contribution < -0.4 is 4.74 Å². The van der Waals surface area contributed by atoms with Gasteiger partial charge >= 0.3 is 0 Å². The number of carbonyl (C=O) groups is 1. The van der Waals surface area contributed by atoms with Crippen molar-refractivity contribution in [2.45, 2.75) is 40.5 Å². The van der Waals surface area contributed by atoms with Crippen LogP contribution >= 0.6 is 0 Å². The summed E-state index contributed by atoms with van der Waals surface area (Å²) < 4.78 is 5.28. The third-order valence-corrected chi connectivity index (χ3v) is 3.43. The van der Waals surface area contributed by atoms with Gasteiger partial charge in [-0.2, -0.15) is 0 Å². The van der Waals surface area contributed by atoms with Gasteiger partial charge in [0.15, 0.2) is 5.78 Å². The summed E-state index contributed by atoms with van der Waals surface area (Å²) in [5.74, 6) is 1.53. The second-order valence-corrected chi connectivity index (χ2v) is 5.19. The number of aryl methyl sites for hydroxylation is 1. The van der Waals surface area contributed by atoms with Gasteiger partial charge in [-0.15, -0.1) is 0 Å². The molecule has 1 aromatic carbocycles. The monoisotopic (exact) mass is 248 g/mol. The lowest BCUT2D eigenvalue weighted by Gasteiger charge is -2.19. The van der Waals surface area contributed by atoms with Crippen LogP contribution in [0.1, 0.15) is 49.5 Å². The van der Waals surface area contributed by atoms with Gasteiger partial charge in [0, 0.05) is 11.5 Å². The van der Waals surface area contributed by atoms with Crippen LogP contribution in [0.2, 0.25) is 0 Å². The standard InChI is InChI=1S/C16H24O2/c1-6-7-14(11(2)3)16(17)13-9-8-12(4)15(10-13)18-5/h8-11,14H,6-7H2,1-5H3. The second-order valence-electron chi connectivity index (χ2n) is 5.19. The molecule has 0 aliphatic rings. The van der Waals surface area contributed by atoms with E-state index in [2.05, 4.69) is 20.8 Å². The highest BCUT2D eigenvalue weighted by Gasteiger charge is 2.23. The predicted octanol–water partition coefficient (Wildman–Crippen LogP) is 4.26. The number of hydrogen-bond acceptors (Lipinski definition) is 2. The molecule has 0 amide bonds. The van der Waals surface area contributed by atoms with Gasteiger partial charge in [0.1, 0.15) is 5.75 Å². The Bertz CT molecular complexity index is 408. The molecule has 0 saturated heterocycles. The van der Waals surface area contributed by atoms with E-state index in [4.69, 9.17) is 4.74 Å². The average Bonchev–Trinajstić information content (AvgIpc) is 2.35. The van der Waals surface area contributed by atoms with E-state index in [9.17, 15) is 4.79 Å². The zero-order chi connectivity index (χ0) is 13.7. The van der Waals surface area contributed by atoms with Gasteiger partial charge in [-0.3, -0.25) is 4.79 Å². The zero-order valence-electron chi connectivity index (χ0n) is 12.1. The first-order valence-electron chi connectivity index (χ1n) is 6.70. The Morgan fingerprint density at radius 2 is 2.00 bits per heavy atom. The summed E-state index contributed by atoms with van der Waals surface area (Å²) in [7, 11) is 1.64. The van der Waals surface area contributed by atoms with Crippen LogP contribution in [0.4, 0.5) is 0 Å². The molecule has 0 aliphatic heterocycles. The Morgan fingerprint density at radius 3 is 2.50 bits per heavy atom. The van der Waals surface area contributed by atoms with Crippen molar-refractivity contribution in [3.05, 3.63) is 29.3 Å². The fourth-order valence-electron chi connectivity index (χ4n) is 2.27. The van der Waals surface area contributed by atoms with Gasteiger partial charge in [0.05, 0.1) is 7.11 Å². The third kappa shape index (κ3) is 3.34. The highest BCUT2D eigenvalue weighted by molar-refractivity contribution is 5.98. The normalized spacial score (nSPS) is 12.6. The molecule has 0 fully saturated rings. The topological polar surface area (TPSA) is 26.3 Å². The molecule has 1 aromatic rings. The van der Waals surface area contributed by atoms with Crippen LogP contribution in [0.5, 0.6) is 5.75 Å². The summed E-state index contributed by atoms with van der Waals surface area (Å²) in [6.07, 6.45) is 1.99. The maximum Gasteiger partial charge on any atom is 0.166 e. The van der Waals surface area contributed by atoms with E-state index in [0.717, 1.165) is 29.7 Å². The van der Waals surface area contributed by atoms with Crippen molar-refractivity contribution >= 4 is 5.78 Å². The van der Waals surface area contributed by atoms with Crippen LogP contribution in [-0.2, 0) is 0 Å². The number of ether oxygens (including phenoxy) is 1. The molecule has 2 heteroatoms. The number of hydrogen-bond donors (Lipinski definition) is 0. The predicted molar refractivity (Wildman–Crippen MR) is 75.3 cm³/mol. The molecule has 0 heterocycles. The van der Waals surface area contributed by atoms with E-state index in [1.807, 2.05) is 25.1 Å². The molecule has 0 spiro atoms. The quantitative estimate of drug-likeness (QED) is 0.703. The average molecular weight is 248 g/mol. The second kappa shape index (κ2) is 6.58. The van der Waals surface area contributed by atoms with Gasteiger partial charge in [0.2, 0.25) is 0 Å². The van der Waals surface area contributed by atoms with E-state index in [-0.39, 0.29) is 11.7 Å². The first-order valence-corrected chi connectivity index (χ1v) is 6.70. The van der Waals surface area contributed by atoms with Gasteiger partial charge < -0.3 is 4.74 Å². The number of benzene rings is 1. The first kappa shape index (κ1) is 14.7. The van der Waals surface area contributed by atoms with E-state index >= 15 is 0 Å². The molecule has 0 bridgehead atoms. The molecule has 18 heavy (non-hydrogen) atoms. The lowest BCUT2D eigenvalue weighted by Crippen LogP contribution is -2.20. The summed E-state index contributed by atoms with van der Waals surface area (Å²) in [5.41, 5.74) is 1.83. The molecule has 0 aliphatic carbocycles. The summed E-state index contributed by atoms with van der Waals surface area (Å²) >= 11 is 0. The maximum absolute atomic E-state index is 12.5. The summed E-state index contributed by atoms with van der Waals surface area (Å²) in [4.78, 5) is 12.5. The Hall–Kier alpha value is -1.31. The van der Waals surface area contributed by atoms with E-state index < -0.39 is 0 Å². The van der Waals surface area contributed by atoms with Crippen molar-refractivity contribution in [3.63, 3.8) is 0 Å². The van der Waals surface area contributed by atoms with Gasteiger partial charge in [-0.05, 0) is 30.9 Å². The SMILES string of the molecule is CCCC(C(=O)c1ccc(C)c(OC)c1)C(C)C. The van der Waals surface area contributed by atoms with Crippen molar-refractivity contribution in [2.75, 3.05) is 7.11 Å². The molecule has 0 radical (unpaired) electrons. The summed E-state index contributed by atoms with van der Waals surface area (Å²) in [5, 5.41) is 0. The number of ketones is 1. The third-order valence-electron chi connectivity index (χ3n) is 3.43. The van der Waals surface area contributed by atoms with Gasteiger partial charge in [-0.25, -0.2) is 0 Å². The van der Waals surface area contributed by atoms with Crippen molar-refractivity contribution in [1.29, 1.82) is 0 Å². The molecular weight excluding hydrogens is 224 g/mol. The zero-order valence-corrected chi connectivity index (χ0v) is 12.1. The van der Waals surface area contributed by atoms with Gasteiger partial charge in [-0.1, -0.05) is 39.3 Å². The smallest absolute Gasteiger partial charge is 0.166 e. The van der Waals surface area contributed by atoms with Crippen molar-refractivity contribution in [2.24, 2.45) is 11.8 Å². The number of Topliss-reactive ketones (excluding diaryl/α,β-unsaturated/α-hetero) is 1. The number of methoxy groups -OCH3 is 1. The fraction of sp³-hybridized carbons (Fsp3) is 0.562. The largest absolute Gasteiger partial charge is 0.496 e. The van der Waals surface area contributed by atoms with Crippen LogP contribution in [0.3, 0.4) is 0 Å². The minimum absolute atomic E-state index is 0.113. The lowest BCUT2D eigenvalue weighted by molar-refractivity contribution is 0.0876. The van der Waals surface area contributed by atoms with Crippen LogP contribution in [0.25, 0.3) is 0 Å². The molecule has 0 aromatic heterocycles. The minimum Gasteiger partial charge on any atom is -0.496 e. The Morgan fingerprint density at radius 1 is 1.33 bits per heavy atom. The highest BCUT2D eigenvalue weighted by Crippen LogP contribution is 2.25. The van der Waals surface area contributed by atoms with Crippen LogP contribution in [0.15, 0.2) is 18.2 Å². The Labute approximate surface area is 110 Å². The molecule has 1 unspecified atom stereocenters. The number of rotatable bonds is 6. The van der Waals surface area contributed by atoms with E-state index in [1.54, 1.807) is 7.11 Å². The summed E-state index contributed by atoms with van der Waals surface area (Å²) in [6.45, 7) is 8.34.